The highest BCUT2D eigenvalue weighted by Gasteiger charge is 2.17. The number of hydrogen-bond acceptors (Lipinski definition) is 6. The fourth-order valence-corrected chi connectivity index (χ4v) is 4.00. The average Bonchev–Trinajstić information content (AvgIpc) is 3.26. The van der Waals surface area contributed by atoms with Crippen molar-refractivity contribution in [1.29, 1.82) is 0 Å². The zero-order valence-corrected chi connectivity index (χ0v) is 20.0. The lowest BCUT2D eigenvalue weighted by Crippen LogP contribution is -2.21. The highest BCUT2D eigenvalue weighted by molar-refractivity contribution is 7.99. The smallest absolute Gasteiger partial charge is 0.250 e. The second kappa shape index (κ2) is 10.4. The van der Waals surface area contributed by atoms with Crippen LogP contribution in [0.25, 0.3) is 17.1 Å². The molecular formula is C26H25N5O2S. The van der Waals surface area contributed by atoms with E-state index in [1.54, 1.807) is 31.2 Å². The molecule has 172 valence electrons. The van der Waals surface area contributed by atoms with Gasteiger partial charge in [0.25, 0.3) is 5.91 Å². The van der Waals surface area contributed by atoms with E-state index in [0.29, 0.717) is 16.7 Å². The molecule has 1 aromatic heterocycles. The van der Waals surface area contributed by atoms with E-state index in [-0.39, 0.29) is 17.4 Å². The first kappa shape index (κ1) is 23.3. The zero-order valence-electron chi connectivity index (χ0n) is 19.2. The maximum Gasteiger partial charge on any atom is 0.250 e. The van der Waals surface area contributed by atoms with Crippen LogP contribution >= 0.6 is 11.8 Å². The summed E-state index contributed by atoms with van der Waals surface area (Å²) < 4.78 is 1.97. The number of amides is 1. The number of hydrogen-bond donors (Lipinski definition) is 2. The number of rotatable bonds is 7. The summed E-state index contributed by atoms with van der Waals surface area (Å²) in [4.78, 5) is 12.5. The molecule has 1 amide bonds. The van der Waals surface area contributed by atoms with Gasteiger partial charge in [0.05, 0.1) is 11.5 Å². The van der Waals surface area contributed by atoms with Gasteiger partial charge in [0.1, 0.15) is 5.75 Å². The fourth-order valence-electron chi connectivity index (χ4n) is 3.26. The number of aromatic nitrogens is 3. The summed E-state index contributed by atoms with van der Waals surface area (Å²) in [6, 6.07) is 22.9. The maximum absolute atomic E-state index is 12.5. The molecule has 34 heavy (non-hydrogen) atoms. The Morgan fingerprint density at radius 2 is 1.56 bits per heavy atom. The number of thioether (sulfide) groups is 1. The first-order valence-electron chi connectivity index (χ1n) is 10.8. The highest BCUT2D eigenvalue weighted by atomic mass is 32.2. The van der Waals surface area contributed by atoms with Gasteiger partial charge in [-0.3, -0.25) is 9.36 Å². The summed E-state index contributed by atoms with van der Waals surface area (Å²) in [7, 11) is 0. The van der Waals surface area contributed by atoms with Gasteiger partial charge >= 0.3 is 0 Å². The number of phenolic OH excluding ortho intramolecular Hbond substituents is 1. The van der Waals surface area contributed by atoms with E-state index in [2.05, 4.69) is 20.7 Å². The number of carbonyl (C=O) groups excluding carboxylic acids is 1. The van der Waals surface area contributed by atoms with Crippen LogP contribution < -0.4 is 5.43 Å². The van der Waals surface area contributed by atoms with Crippen LogP contribution in [-0.2, 0) is 4.79 Å². The van der Waals surface area contributed by atoms with Crippen LogP contribution in [-0.4, -0.2) is 37.2 Å². The van der Waals surface area contributed by atoms with Gasteiger partial charge in [-0.25, -0.2) is 5.43 Å². The number of benzene rings is 3. The molecular weight excluding hydrogens is 446 g/mol. The second-order valence-electron chi connectivity index (χ2n) is 7.91. The van der Waals surface area contributed by atoms with E-state index in [0.717, 1.165) is 22.4 Å². The number of nitrogens with zero attached hydrogens (tertiary/aromatic N) is 4. The van der Waals surface area contributed by atoms with Crippen molar-refractivity contribution in [3.63, 3.8) is 0 Å². The lowest BCUT2D eigenvalue weighted by atomic mass is 10.1. The van der Waals surface area contributed by atoms with E-state index >= 15 is 0 Å². The van der Waals surface area contributed by atoms with Gasteiger partial charge in [0.2, 0.25) is 0 Å². The van der Waals surface area contributed by atoms with E-state index < -0.39 is 0 Å². The quantitative estimate of drug-likeness (QED) is 0.227. The topological polar surface area (TPSA) is 92.4 Å². The Kier molecular flexibility index (Phi) is 7.08. The van der Waals surface area contributed by atoms with Crippen LogP contribution in [0.5, 0.6) is 5.75 Å². The summed E-state index contributed by atoms with van der Waals surface area (Å²) in [5.41, 5.74) is 8.24. The molecule has 0 spiro atoms. The minimum atomic E-state index is -0.251. The summed E-state index contributed by atoms with van der Waals surface area (Å²) in [5, 5.41) is 23.0. The zero-order chi connectivity index (χ0) is 24.1. The van der Waals surface area contributed by atoms with Crippen LogP contribution in [0.3, 0.4) is 0 Å². The van der Waals surface area contributed by atoms with Crippen LogP contribution in [0, 0.1) is 13.8 Å². The lowest BCUT2D eigenvalue weighted by Gasteiger charge is -2.11. The Bertz CT molecular complexity index is 1310. The van der Waals surface area contributed by atoms with Gasteiger partial charge in [0, 0.05) is 11.3 Å². The molecule has 8 heteroatoms. The molecule has 4 rings (SSSR count). The molecule has 0 aliphatic heterocycles. The highest BCUT2D eigenvalue weighted by Crippen LogP contribution is 2.28. The number of aryl methyl sites for hydroxylation is 2. The number of nitrogens with one attached hydrogen (secondary N) is 1. The van der Waals surface area contributed by atoms with Crippen molar-refractivity contribution < 1.29 is 9.90 Å². The molecule has 0 aliphatic rings. The first-order valence-corrected chi connectivity index (χ1v) is 11.7. The Balaban J connectivity index is 1.52. The van der Waals surface area contributed by atoms with Crippen LogP contribution in [0.4, 0.5) is 0 Å². The predicted octanol–water partition coefficient (Wildman–Crippen LogP) is 4.89. The third-order valence-electron chi connectivity index (χ3n) is 5.20. The van der Waals surface area contributed by atoms with Gasteiger partial charge in [0.15, 0.2) is 11.0 Å². The van der Waals surface area contributed by atoms with Gasteiger partial charge in [-0.15, -0.1) is 10.2 Å². The van der Waals surface area contributed by atoms with Crippen LogP contribution in [0.2, 0.25) is 0 Å². The number of phenols is 1. The molecule has 2 N–H and O–H groups in total. The Hall–Kier alpha value is -3.91. The second-order valence-corrected chi connectivity index (χ2v) is 8.85. The summed E-state index contributed by atoms with van der Waals surface area (Å²) >= 11 is 1.30. The van der Waals surface area contributed by atoms with Crippen molar-refractivity contribution in [3.05, 3.63) is 89.5 Å². The van der Waals surface area contributed by atoms with Crippen LogP contribution in [0.1, 0.15) is 23.6 Å². The molecule has 0 unspecified atom stereocenters. The number of carbonyl (C=O) groups is 1. The van der Waals surface area contributed by atoms with Crippen molar-refractivity contribution in [1.82, 2.24) is 20.2 Å². The summed E-state index contributed by atoms with van der Waals surface area (Å²) in [6.45, 7) is 5.87. The summed E-state index contributed by atoms with van der Waals surface area (Å²) in [6.07, 6.45) is 0. The van der Waals surface area contributed by atoms with Crippen molar-refractivity contribution in [3.8, 4) is 22.8 Å². The number of aromatic hydroxyl groups is 1. The van der Waals surface area contributed by atoms with Gasteiger partial charge in [-0.05, 0) is 62.7 Å². The van der Waals surface area contributed by atoms with Crippen molar-refractivity contribution >= 4 is 23.4 Å². The standard InChI is InChI=1S/C26H25N5O2S/c1-17-4-8-21(9-5-17)25-29-30-26(31(25)22-12-6-18(2)7-13-22)34-16-24(33)28-27-19(3)20-10-14-23(32)15-11-20/h4-15,32H,16H2,1-3H3,(H,28,33). The Labute approximate surface area is 202 Å². The fraction of sp³-hybridized carbons (Fsp3) is 0.154. The molecule has 1 heterocycles. The van der Waals surface area contributed by atoms with Crippen LogP contribution in [0.15, 0.2) is 83.1 Å². The SMILES string of the molecule is CC(=NNC(=O)CSc1nnc(-c2ccc(C)cc2)n1-c1ccc(C)cc1)c1ccc(O)cc1. The molecule has 0 bridgehead atoms. The molecule has 0 fully saturated rings. The largest absolute Gasteiger partial charge is 0.508 e. The van der Waals surface area contributed by atoms with E-state index in [4.69, 9.17) is 0 Å². The van der Waals surface area contributed by atoms with E-state index in [1.165, 1.54) is 17.3 Å². The Morgan fingerprint density at radius 1 is 0.941 bits per heavy atom. The van der Waals surface area contributed by atoms with Gasteiger partial charge in [-0.1, -0.05) is 59.3 Å². The molecule has 3 aromatic carbocycles. The monoisotopic (exact) mass is 471 g/mol. The third-order valence-corrected chi connectivity index (χ3v) is 6.13. The van der Waals surface area contributed by atoms with Gasteiger partial charge < -0.3 is 5.11 Å². The van der Waals surface area contributed by atoms with E-state index in [1.807, 2.05) is 66.9 Å². The van der Waals surface area contributed by atoms with Crippen molar-refractivity contribution in [2.24, 2.45) is 5.10 Å². The van der Waals surface area contributed by atoms with Crippen molar-refractivity contribution in [2.75, 3.05) is 5.75 Å². The average molecular weight is 472 g/mol. The molecule has 0 saturated carbocycles. The molecule has 7 nitrogen and oxygen atoms in total. The minimum Gasteiger partial charge on any atom is -0.508 e. The molecule has 0 aliphatic carbocycles. The van der Waals surface area contributed by atoms with E-state index in [9.17, 15) is 9.90 Å². The molecule has 0 radical (unpaired) electrons. The molecule has 0 atom stereocenters. The van der Waals surface area contributed by atoms with Gasteiger partial charge in [-0.2, -0.15) is 5.10 Å². The lowest BCUT2D eigenvalue weighted by molar-refractivity contribution is -0.118. The number of hydrazone groups is 1. The predicted molar refractivity (Wildman–Crippen MR) is 135 cm³/mol. The summed E-state index contributed by atoms with van der Waals surface area (Å²) in [5.74, 6) is 0.774. The Morgan fingerprint density at radius 3 is 2.21 bits per heavy atom. The van der Waals surface area contributed by atoms with Crippen molar-refractivity contribution in [2.45, 2.75) is 25.9 Å². The molecule has 4 aromatic rings. The first-order chi connectivity index (χ1) is 16.4. The normalized spacial score (nSPS) is 11.4. The molecule has 0 saturated heterocycles. The maximum atomic E-state index is 12.5. The minimum absolute atomic E-state index is 0.129. The third kappa shape index (κ3) is 5.52.